The van der Waals surface area contributed by atoms with Gasteiger partial charge in [-0.1, -0.05) is 0 Å². The Labute approximate surface area is 100 Å². The molecule has 1 saturated heterocycles. The fourth-order valence-corrected chi connectivity index (χ4v) is 2.23. The molecule has 1 fully saturated rings. The predicted molar refractivity (Wildman–Crippen MR) is 65.3 cm³/mol. The number of aryl methyl sites for hydroxylation is 1. The van der Waals surface area contributed by atoms with E-state index in [2.05, 4.69) is 17.6 Å². The summed E-state index contributed by atoms with van der Waals surface area (Å²) in [6.07, 6.45) is 2.15. The quantitative estimate of drug-likeness (QED) is 0.793. The second-order valence-electron chi connectivity index (χ2n) is 3.85. The second kappa shape index (κ2) is 4.33. The van der Waals surface area contributed by atoms with E-state index >= 15 is 0 Å². The number of carbonyl (C=O) groups excluding carboxylic acids is 1. The number of methoxy groups -OCH3 is 1. The van der Waals surface area contributed by atoms with Crippen LogP contribution in [0.5, 0.6) is 5.88 Å². The lowest BCUT2D eigenvalue weighted by atomic mass is 10.2. The minimum Gasteiger partial charge on any atom is -0.480 e. The lowest BCUT2D eigenvalue weighted by Gasteiger charge is -2.20. The molecule has 0 spiro atoms. The van der Waals surface area contributed by atoms with Crippen LogP contribution in [0.1, 0.15) is 12.0 Å². The number of aromatic nitrogens is 1. The van der Waals surface area contributed by atoms with Gasteiger partial charge in [-0.25, -0.2) is 4.98 Å². The molecule has 0 bridgehead atoms. The molecule has 0 saturated carbocycles. The number of rotatable bonds is 2. The van der Waals surface area contributed by atoms with Crippen molar-refractivity contribution >= 4 is 24.2 Å². The van der Waals surface area contributed by atoms with Crippen LogP contribution >= 0.6 is 12.6 Å². The van der Waals surface area contributed by atoms with E-state index in [1.54, 1.807) is 18.2 Å². The van der Waals surface area contributed by atoms with E-state index in [1.165, 1.54) is 0 Å². The van der Waals surface area contributed by atoms with Crippen LogP contribution in [0.15, 0.2) is 12.3 Å². The summed E-state index contributed by atoms with van der Waals surface area (Å²) in [6, 6.07) is 1.87. The third-order valence-electron chi connectivity index (χ3n) is 2.66. The zero-order valence-corrected chi connectivity index (χ0v) is 10.2. The van der Waals surface area contributed by atoms with E-state index in [0.717, 1.165) is 11.3 Å². The molecule has 1 aromatic heterocycles. The Balaban J connectivity index is 2.43. The van der Waals surface area contributed by atoms with Crippen LogP contribution < -0.4 is 9.64 Å². The van der Waals surface area contributed by atoms with E-state index < -0.39 is 0 Å². The van der Waals surface area contributed by atoms with Gasteiger partial charge in [0.25, 0.3) is 0 Å². The fourth-order valence-electron chi connectivity index (χ4n) is 1.91. The third-order valence-corrected chi connectivity index (χ3v) is 3.01. The van der Waals surface area contributed by atoms with Crippen molar-refractivity contribution in [2.45, 2.75) is 18.6 Å². The second-order valence-corrected chi connectivity index (χ2v) is 4.58. The van der Waals surface area contributed by atoms with Crippen LogP contribution in [-0.4, -0.2) is 29.8 Å². The molecule has 1 aliphatic rings. The van der Waals surface area contributed by atoms with E-state index in [1.807, 2.05) is 13.0 Å². The molecule has 86 valence electrons. The van der Waals surface area contributed by atoms with Crippen molar-refractivity contribution in [2.75, 3.05) is 18.6 Å². The van der Waals surface area contributed by atoms with Gasteiger partial charge in [-0.2, -0.15) is 12.6 Å². The summed E-state index contributed by atoms with van der Waals surface area (Å²) < 4.78 is 5.19. The van der Waals surface area contributed by atoms with E-state index in [4.69, 9.17) is 4.74 Å². The van der Waals surface area contributed by atoms with Gasteiger partial charge in [0.15, 0.2) is 0 Å². The van der Waals surface area contributed by atoms with Gasteiger partial charge in [0, 0.05) is 24.4 Å². The Kier molecular flexibility index (Phi) is 3.05. The van der Waals surface area contributed by atoms with Gasteiger partial charge in [-0.15, -0.1) is 0 Å². The lowest BCUT2D eigenvalue weighted by molar-refractivity contribution is -0.117. The summed E-state index contributed by atoms with van der Waals surface area (Å²) in [4.78, 5) is 17.6. The van der Waals surface area contributed by atoms with Gasteiger partial charge in [-0.05, 0) is 18.6 Å². The predicted octanol–water partition coefficient (Wildman–Crippen LogP) is 1.43. The monoisotopic (exact) mass is 238 g/mol. The first-order chi connectivity index (χ1) is 7.63. The number of carbonyl (C=O) groups is 1. The number of nitrogens with zero attached hydrogens (tertiary/aromatic N) is 2. The van der Waals surface area contributed by atoms with Crippen LogP contribution in [0.3, 0.4) is 0 Å². The summed E-state index contributed by atoms with van der Waals surface area (Å²) in [5.41, 5.74) is 1.76. The van der Waals surface area contributed by atoms with Crippen molar-refractivity contribution in [3.63, 3.8) is 0 Å². The minimum atomic E-state index is 0.0781. The molecule has 1 amide bonds. The number of thiol groups is 1. The molecule has 0 aliphatic carbocycles. The Morgan fingerprint density at radius 3 is 2.94 bits per heavy atom. The normalized spacial score (nSPS) is 20.3. The highest BCUT2D eigenvalue weighted by Gasteiger charge is 2.31. The zero-order chi connectivity index (χ0) is 11.7. The zero-order valence-electron chi connectivity index (χ0n) is 9.30. The molecule has 5 heteroatoms. The van der Waals surface area contributed by atoms with E-state index in [0.29, 0.717) is 18.8 Å². The summed E-state index contributed by atoms with van der Waals surface area (Å²) in [5, 5.41) is 0.0943. The third kappa shape index (κ3) is 1.87. The molecule has 0 N–H and O–H groups in total. The van der Waals surface area contributed by atoms with Crippen molar-refractivity contribution in [1.82, 2.24) is 4.98 Å². The van der Waals surface area contributed by atoms with Gasteiger partial charge in [0.05, 0.1) is 7.11 Å². The van der Waals surface area contributed by atoms with Crippen LogP contribution in [0.4, 0.5) is 5.69 Å². The average molecular weight is 238 g/mol. The maximum absolute atomic E-state index is 11.8. The number of ether oxygens (including phenoxy) is 1. The number of amides is 1. The molecule has 4 nitrogen and oxygen atoms in total. The van der Waals surface area contributed by atoms with Crippen molar-refractivity contribution < 1.29 is 9.53 Å². The summed E-state index contributed by atoms with van der Waals surface area (Å²) in [7, 11) is 1.56. The highest BCUT2D eigenvalue weighted by atomic mass is 32.1. The Bertz CT molecular complexity index is 422. The molecule has 2 heterocycles. The SMILES string of the molecule is COc1nccc(C)c1N1CC(S)CC1=O. The maximum atomic E-state index is 11.8. The topological polar surface area (TPSA) is 42.4 Å². The molecule has 1 atom stereocenters. The van der Waals surface area contributed by atoms with Gasteiger partial charge in [-0.3, -0.25) is 4.79 Å². The molecule has 1 unspecified atom stereocenters. The Morgan fingerprint density at radius 1 is 1.62 bits per heavy atom. The Morgan fingerprint density at radius 2 is 2.38 bits per heavy atom. The van der Waals surface area contributed by atoms with E-state index in [9.17, 15) is 4.79 Å². The molecular formula is C11H14N2O2S. The first-order valence-electron chi connectivity index (χ1n) is 5.11. The number of pyridine rings is 1. The van der Waals surface area contributed by atoms with Gasteiger partial charge < -0.3 is 9.64 Å². The van der Waals surface area contributed by atoms with Crippen molar-refractivity contribution in [3.8, 4) is 5.88 Å². The first kappa shape index (κ1) is 11.3. The minimum absolute atomic E-state index is 0.0781. The number of anilines is 1. The van der Waals surface area contributed by atoms with Gasteiger partial charge in [0.2, 0.25) is 11.8 Å². The van der Waals surface area contributed by atoms with Crippen LogP contribution in [0.25, 0.3) is 0 Å². The first-order valence-corrected chi connectivity index (χ1v) is 5.63. The molecular weight excluding hydrogens is 224 g/mol. The number of hydrogen-bond donors (Lipinski definition) is 1. The van der Waals surface area contributed by atoms with Crippen molar-refractivity contribution in [2.24, 2.45) is 0 Å². The molecule has 0 aromatic carbocycles. The van der Waals surface area contributed by atoms with Crippen LogP contribution in [0, 0.1) is 6.92 Å². The maximum Gasteiger partial charge on any atom is 0.237 e. The fraction of sp³-hybridized carbons (Fsp3) is 0.455. The summed E-state index contributed by atoms with van der Waals surface area (Å²) in [6.45, 7) is 2.56. The average Bonchev–Trinajstić information content (AvgIpc) is 2.57. The largest absolute Gasteiger partial charge is 0.480 e. The highest BCUT2D eigenvalue weighted by Crippen LogP contribution is 2.33. The van der Waals surface area contributed by atoms with Crippen LogP contribution in [0.2, 0.25) is 0 Å². The molecule has 16 heavy (non-hydrogen) atoms. The van der Waals surface area contributed by atoms with Crippen molar-refractivity contribution in [3.05, 3.63) is 17.8 Å². The molecule has 2 rings (SSSR count). The Hall–Kier alpha value is -1.23. The van der Waals surface area contributed by atoms with Crippen molar-refractivity contribution in [1.29, 1.82) is 0 Å². The molecule has 1 aliphatic heterocycles. The van der Waals surface area contributed by atoms with Gasteiger partial charge >= 0.3 is 0 Å². The smallest absolute Gasteiger partial charge is 0.237 e. The number of hydrogen-bond acceptors (Lipinski definition) is 4. The standard InChI is InChI=1S/C11H14N2O2S/c1-7-3-4-12-11(15-2)10(7)13-6-8(16)5-9(13)14/h3-4,8,16H,5-6H2,1-2H3. The van der Waals surface area contributed by atoms with Gasteiger partial charge in [0.1, 0.15) is 5.69 Å². The lowest BCUT2D eigenvalue weighted by Crippen LogP contribution is -2.26. The summed E-state index contributed by atoms with van der Waals surface area (Å²) in [5.74, 6) is 0.574. The molecule has 1 aromatic rings. The summed E-state index contributed by atoms with van der Waals surface area (Å²) >= 11 is 4.34. The molecule has 0 radical (unpaired) electrons. The highest BCUT2D eigenvalue weighted by molar-refractivity contribution is 7.81. The van der Waals surface area contributed by atoms with Crippen LogP contribution in [-0.2, 0) is 4.79 Å². The van der Waals surface area contributed by atoms with E-state index in [-0.39, 0.29) is 11.2 Å².